The van der Waals surface area contributed by atoms with Crippen LogP contribution in [-0.2, 0) is 31.9 Å². The van der Waals surface area contributed by atoms with Crippen molar-refractivity contribution >= 4 is 40.3 Å². The van der Waals surface area contributed by atoms with Crippen molar-refractivity contribution in [3.05, 3.63) is 58.0 Å². The molecule has 0 radical (unpaired) electrons. The SMILES string of the molecule is CCOC(=O)c1c(NC(=O)COC(=O)/C=C/c2ccccc2)sc2c1CCC2. The highest BCUT2D eigenvalue weighted by Gasteiger charge is 2.28. The van der Waals surface area contributed by atoms with Gasteiger partial charge in [-0.1, -0.05) is 30.3 Å². The van der Waals surface area contributed by atoms with E-state index >= 15 is 0 Å². The molecule has 2 aromatic rings. The fourth-order valence-electron chi connectivity index (χ4n) is 2.99. The van der Waals surface area contributed by atoms with Gasteiger partial charge < -0.3 is 14.8 Å². The Morgan fingerprint density at radius 1 is 1.14 bits per heavy atom. The number of rotatable bonds is 7. The van der Waals surface area contributed by atoms with Gasteiger partial charge in [-0.15, -0.1) is 11.3 Å². The number of carbonyl (C=O) groups is 3. The summed E-state index contributed by atoms with van der Waals surface area (Å²) in [6, 6.07) is 9.30. The normalized spacial score (nSPS) is 12.6. The van der Waals surface area contributed by atoms with Crippen LogP contribution in [0.4, 0.5) is 5.00 Å². The molecule has 146 valence electrons. The van der Waals surface area contributed by atoms with Gasteiger partial charge in [-0.25, -0.2) is 9.59 Å². The van der Waals surface area contributed by atoms with Gasteiger partial charge in [-0.05, 0) is 43.4 Å². The van der Waals surface area contributed by atoms with Gasteiger partial charge in [-0.2, -0.15) is 0 Å². The van der Waals surface area contributed by atoms with Crippen molar-refractivity contribution in [2.45, 2.75) is 26.2 Å². The highest BCUT2D eigenvalue weighted by molar-refractivity contribution is 7.17. The minimum Gasteiger partial charge on any atom is -0.462 e. The Kier molecular flexibility index (Phi) is 6.60. The second-order valence-corrected chi connectivity index (χ2v) is 7.29. The zero-order valence-electron chi connectivity index (χ0n) is 15.5. The molecule has 7 heteroatoms. The number of benzene rings is 1. The van der Waals surface area contributed by atoms with Crippen molar-refractivity contribution in [3.8, 4) is 0 Å². The molecule has 1 aromatic heterocycles. The quantitative estimate of drug-likeness (QED) is 0.568. The van der Waals surface area contributed by atoms with Crippen LogP contribution in [0.15, 0.2) is 36.4 Å². The fourth-order valence-corrected chi connectivity index (χ4v) is 4.28. The summed E-state index contributed by atoms with van der Waals surface area (Å²) in [5.74, 6) is -1.54. The number of aryl methyl sites for hydroxylation is 1. The van der Waals surface area contributed by atoms with Gasteiger partial charge in [-0.3, -0.25) is 4.79 Å². The number of nitrogens with one attached hydrogen (secondary N) is 1. The maximum Gasteiger partial charge on any atom is 0.341 e. The molecule has 1 heterocycles. The third-order valence-corrected chi connectivity index (χ3v) is 5.42. The third kappa shape index (κ3) is 4.86. The van der Waals surface area contributed by atoms with Crippen molar-refractivity contribution in [3.63, 3.8) is 0 Å². The zero-order chi connectivity index (χ0) is 19.9. The van der Waals surface area contributed by atoms with Crippen LogP contribution in [0.2, 0.25) is 0 Å². The van der Waals surface area contributed by atoms with Crippen LogP contribution < -0.4 is 5.32 Å². The lowest BCUT2D eigenvalue weighted by atomic mass is 10.1. The topological polar surface area (TPSA) is 81.7 Å². The van der Waals surface area contributed by atoms with Gasteiger partial charge in [0.15, 0.2) is 6.61 Å². The van der Waals surface area contributed by atoms with Crippen LogP contribution >= 0.6 is 11.3 Å². The molecule has 0 atom stereocenters. The van der Waals surface area contributed by atoms with Crippen LogP contribution in [0.25, 0.3) is 6.08 Å². The van der Waals surface area contributed by atoms with Crippen molar-refractivity contribution < 1.29 is 23.9 Å². The first kappa shape index (κ1) is 19.8. The zero-order valence-corrected chi connectivity index (χ0v) is 16.3. The largest absolute Gasteiger partial charge is 0.462 e. The summed E-state index contributed by atoms with van der Waals surface area (Å²) in [5, 5.41) is 3.15. The molecule has 0 aliphatic heterocycles. The van der Waals surface area contributed by atoms with Crippen LogP contribution in [0.3, 0.4) is 0 Å². The van der Waals surface area contributed by atoms with Gasteiger partial charge >= 0.3 is 11.9 Å². The first-order chi connectivity index (χ1) is 13.6. The van der Waals surface area contributed by atoms with E-state index in [2.05, 4.69) is 5.32 Å². The van der Waals surface area contributed by atoms with Crippen LogP contribution in [0.5, 0.6) is 0 Å². The second-order valence-electron chi connectivity index (χ2n) is 6.18. The van der Waals surface area contributed by atoms with E-state index in [9.17, 15) is 14.4 Å². The highest BCUT2D eigenvalue weighted by Crippen LogP contribution is 2.39. The van der Waals surface area contributed by atoms with E-state index in [0.717, 1.165) is 35.3 Å². The number of thiophene rings is 1. The lowest BCUT2D eigenvalue weighted by molar-refractivity contribution is -0.142. The predicted octanol–water partition coefficient (Wildman–Crippen LogP) is 3.61. The Balaban J connectivity index is 1.58. The Labute approximate surface area is 167 Å². The predicted molar refractivity (Wildman–Crippen MR) is 107 cm³/mol. The average Bonchev–Trinajstić information content (AvgIpc) is 3.26. The lowest BCUT2D eigenvalue weighted by Crippen LogP contribution is -2.21. The average molecular weight is 399 g/mol. The molecule has 0 saturated heterocycles. The molecule has 1 N–H and O–H groups in total. The maximum atomic E-state index is 12.3. The van der Waals surface area contributed by atoms with E-state index in [1.54, 1.807) is 13.0 Å². The Morgan fingerprint density at radius 2 is 1.93 bits per heavy atom. The van der Waals surface area contributed by atoms with Gasteiger partial charge in [0, 0.05) is 11.0 Å². The van der Waals surface area contributed by atoms with Gasteiger partial charge in [0.1, 0.15) is 5.00 Å². The number of anilines is 1. The van der Waals surface area contributed by atoms with Gasteiger partial charge in [0.25, 0.3) is 5.91 Å². The van der Waals surface area contributed by atoms with Crippen molar-refractivity contribution in [1.29, 1.82) is 0 Å². The van der Waals surface area contributed by atoms with Crippen LogP contribution in [-0.4, -0.2) is 31.1 Å². The number of carbonyl (C=O) groups excluding carboxylic acids is 3. The summed E-state index contributed by atoms with van der Waals surface area (Å²) < 4.78 is 10.1. The Morgan fingerprint density at radius 3 is 2.68 bits per heavy atom. The van der Waals surface area contributed by atoms with Crippen LogP contribution in [0, 0.1) is 0 Å². The van der Waals surface area contributed by atoms with E-state index < -0.39 is 24.5 Å². The molecule has 6 nitrogen and oxygen atoms in total. The summed E-state index contributed by atoms with van der Waals surface area (Å²) in [7, 11) is 0. The molecule has 0 bridgehead atoms. The minimum absolute atomic E-state index is 0.266. The molecule has 1 amide bonds. The Hall–Kier alpha value is -2.93. The standard InChI is InChI=1S/C21H21NO5S/c1-2-26-21(25)19-15-9-6-10-16(15)28-20(19)22-17(23)13-27-18(24)12-11-14-7-4-3-5-8-14/h3-5,7-8,11-12H,2,6,9-10,13H2,1H3,(H,22,23)/b12-11+. The smallest absolute Gasteiger partial charge is 0.341 e. The second kappa shape index (κ2) is 9.32. The summed E-state index contributed by atoms with van der Waals surface area (Å²) in [4.78, 5) is 37.4. The van der Waals surface area contributed by atoms with Crippen molar-refractivity contribution in [2.75, 3.05) is 18.5 Å². The fraction of sp³-hybridized carbons (Fsp3) is 0.286. The number of hydrogen-bond acceptors (Lipinski definition) is 6. The maximum absolute atomic E-state index is 12.3. The van der Waals surface area contributed by atoms with Crippen molar-refractivity contribution in [1.82, 2.24) is 0 Å². The molecule has 1 aliphatic carbocycles. The van der Waals surface area contributed by atoms with Crippen molar-refractivity contribution in [2.24, 2.45) is 0 Å². The van der Waals surface area contributed by atoms with Crippen LogP contribution in [0.1, 0.15) is 39.7 Å². The molecule has 28 heavy (non-hydrogen) atoms. The number of hydrogen-bond donors (Lipinski definition) is 1. The minimum atomic E-state index is -0.613. The highest BCUT2D eigenvalue weighted by atomic mass is 32.1. The van der Waals surface area contributed by atoms with E-state index in [1.807, 2.05) is 30.3 Å². The molecule has 1 aliphatic rings. The van der Waals surface area contributed by atoms with E-state index in [-0.39, 0.29) is 6.61 Å². The first-order valence-corrected chi connectivity index (χ1v) is 9.91. The van der Waals surface area contributed by atoms with Gasteiger partial charge in [0.2, 0.25) is 0 Å². The summed E-state index contributed by atoms with van der Waals surface area (Å²) in [5.41, 5.74) is 2.25. The monoisotopic (exact) mass is 399 g/mol. The molecular formula is C21H21NO5S. The first-order valence-electron chi connectivity index (χ1n) is 9.10. The van der Waals surface area contributed by atoms with Gasteiger partial charge in [0.05, 0.1) is 12.2 Å². The Bertz CT molecular complexity index is 901. The molecule has 0 unspecified atom stereocenters. The lowest BCUT2D eigenvalue weighted by Gasteiger charge is -2.08. The third-order valence-electron chi connectivity index (χ3n) is 4.21. The molecular weight excluding hydrogens is 378 g/mol. The molecule has 1 aromatic carbocycles. The molecule has 0 saturated carbocycles. The molecule has 3 rings (SSSR count). The van der Waals surface area contributed by atoms with E-state index in [0.29, 0.717) is 10.6 Å². The summed E-state index contributed by atoms with van der Waals surface area (Å²) in [6.07, 6.45) is 5.57. The molecule has 0 spiro atoms. The molecule has 0 fully saturated rings. The summed E-state index contributed by atoms with van der Waals surface area (Å²) in [6.45, 7) is 1.58. The number of amides is 1. The number of esters is 2. The summed E-state index contributed by atoms with van der Waals surface area (Å²) >= 11 is 1.39. The number of ether oxygens (including phenoxy) is 2. The van der Waals surface area contributed by atoms with E-state index in [1.165, 1.54) is 17.4 Å². The number of fused-ring (bicyclic) bond motifs is 1. The van der Waals surface area contributed by atoms with E-state index in [4.69, 9.17) is 9.47 Å².